The molecule has 2 rings (SSSR count). The molecule has 1 aliphatic carbocycles. The molecule has 18 heavy (non-hydrogen) atoms. The highest BCUT2D eigenvalue weighted by Crippen LogP contribution is 2.32. The molecular weight excluding hydrogens is 228 g/mol. The van der Waals surface area contributed by atoms with Crippen LogP contribution in [-0.2, 0) is 0 Å². The zero-order valence-electron chi connectivity index (χ0n) is 10.7. The molecule has 1 aromatic carbocycles. The molecule has 0 aliphatic heterocycles. The van der Waals surface area contributed by atoms with Gasteiger partial charge in [0.05, 0.1) is 12.0 Å². The van der Waals surface area contributed by atoms with Crippen molar-refractivity contribution in [2.24, 2.45) is 0 Å². The number of nitro groups is 1. The molecule has 0 amide bonds. The SMILES string of the molecule is CN(C)[C@@H]1C=CC[C@H](c2ccccc2)[C@@H]1[N+](=O)[O-]. The minimum Gasteiger partial charge on any atom is -0.297 e. The van der Waals surface area contributed by atoms with E-state index in [0.29, 0.717) is 0 Å². The topological polar surface area (TPSA) is 46.4 Å². The Morgan fingerprint density at radius 2 is 1.94 bits per heavy atom. The van der Waals surface area contributed by atoms with Gasteiger partial charge in [-0.25, -0.2) is 0 Å². The third-order valence-corrected chi connectivity index (χ3v) is 3.55. The molecule has 0 fully saturated rings. The monoisotopic (exact) mass is 246 g/mol. The van der Waals surface area contributed by atoms with Crippen LogP contribution in [-0.4, -0.2) is 36.0 Å². The largest absolute Gasteiger partial charge is 0.297 e. The lowest BCUT2D eigenvalue weighted by Crippen LogP contribution is -2.47. The van der Waals surface area contributed by atoms with Crippen molar-refractivity contribution < 1.29 is 4.92 Å². The summed E-state index contributed by atoms with van der Waals surface area (Å²) in [6, 6.07) is 9.06. The molecule has 0 aromatic heterocycles. The maximum atomic E-state index is 11.4. The minimum atomic E-state index is -0.576. The van der Waals surface area contributed by atoms with Crippen molar-refractivity contribution in [3.63, 3.8) is 0 Å². The Kier molecular flexibility index (Phi) is 3.77. The first-order chi connectivity index (χ1) is 8.61. The summed E-state index contributed by atoms with van der Waals surface area (Å²) in [5.74, 6) is -0.0430. The van der Waals surface area contributed by atoms with Gasteiger partial charge in [-0.05, 0) is 26.1 Å². The molecular formula is C14H18N2O2. The molecule has 4 heteroatoms. The molecule has 96 valence electrons. The zero-order chi connectivity index (χ0) is 13.1. The second-order valence-corrected chi connectivity index (χ2v) is 4.91. The van der Waals surface area contributed by atoms with Gasteiger partial charge in [-0.2, -0.15) is 0 Å². The molecule has 0 heterocycles. The van der Waals surface area contributed by atoms with Gasteiger partial charge < -0.3 is 0 Å². The summed E-state index contributed by atoms with van der Waals surface area (Å²) in [4.78, 5) is 13.2. The van der Waals surface area contributed by atoms with E-state index in [2.05, 4.69) is 6.08 Å². The molecule has 0 saturated heterocycles. The van der Waals surface area contributed by atoms with Crippen molar-refractivity contribution in [3.05, 3.63) is 58.2 Å². The Labute approximate surface area is 107 Å². The summed E-state index contributed by atoms with van der Waals surface area (Å²) in [5, 5.41) is 11.4. The van der Waals surface area contributed by atoms with Crippen LogP contribution in [0.2, 0.25) is 0 Å². The van der Waals surface area contributed by atoms with Gasteiger partial charge in [0.25, 0.3) is 0 Å². The average Bonchev–Trinajstić information content (AvgIpc) is 2.38. The summed E-state index contributed by atoms with van der Waals surface area (Å²) in [6.45, 7) is 0. The maximum absolute atomic E-state index is 11.4. The van der Waals surface area contributed by atoms with E-state index in [1.807, 2.05) is 55.4 Å². The summed E-state index contributed by atoms with van der Waals surface area (Å²) < 4.78 is 0. The lowest BCUT2D eigenvalue weighted by atomic mass is 9.81. The molecule has 3 atom stereocenters. The predicted octanol–water partition coefficient (Wildman–Crippen LogP) is 2.31. The molecule has 0 saturated carbocycles. The Morgan fingerprint density at radius 3 is 2.50 bits per heavy atom. The van der Waals surface area contributed by atoms with Gasteiger partial charge in [0.1, 0.15) is 0 Å². The molecule has 0 spiro atoms. The van der Waals surface area contributed by atoms with Crippen LogP contribution >= 0.6 is 0 Å². The van der Waals surface area contributed by atoms with Crippen molar-refractivity contribution in [2.75, 3.05) is 14.1 Å². The van der Waals surface area contributed by atoms with Crippen LogP contribution < -0.4 is 0 Å². The molecule has 4 nitrogen and oxygen atoms in total. The van der Waals surface area contributed by atoms with Crippen LogP contribution in [0.3, 0.4) is 0 Å². The van der Waals surface area contributed by atoms with Crippen LogP contribution in [0.25, 0.3) is 0 Å². The Morgan fingerprint density at radius 1 is 1.28 bits per heavy atom. The van der Waals surface area contributed by atoms with Crippen molar-refractivity contribution >= 4 is 0 Å². The molecule has 1 aromatic rings. The number of rotatable bonds is 3. The third kappa shape index (κ3) is 2.43. The van der Waals surface area contributed by atoms with Crippen LogP contribution in [0, 0.1) is 10.1 Å². The molecule has 0 N–H and O–H groups in total. The predicted molar refractivity (Wildman–Crippen MR) is 71.2 cm³/mol. The van der Waals surface area contributed by atoms with Gasteiger partial charge in [0.2, 0.25) is 6.04 Å². The van der Waals surface area contributed by atoms with E-state index in [1.54, 1.807) is 0 Å². The van der Waals surface area contributed by atoms with Crippen LogP contribution in [0.5, 0.6) is 0 Å². The highest BCUT2D eigenvalue weighted by atomic mass is 16.6. The van der Waals surface area contributed by atoms with Gasteiger partial charge in [-0.3, -0.25) is 15.0 Å². The number of benzene rings is 1. The van der Waals surface area contributed by atoms with Crippen molar-refractivity contribution in [1.82, 2.24) is 4.90 Å². The van der Waals surface area contributed by atoms with Crippen LogP contribution in [0.1, 0.15) is 17.9 Å². The summed E-state index contributed by atoms with van der Waals surface area (Å²) in [5.41, 5.74) is 1.05. The first-order valence-corrected chi connectivity index (χ1v) is 6.13. The van der Waals surface area contributed by atoms with Crippen LogP contribution in [0.15, 0.2) is 42.5 Å². The number of hydrogen-bond acceptors (Lipinski definition) is 3. The number of allylic oxidation sites excluding steroid dienone is 1. The van der Waals surface area contributed by atoms with Gasteiger partial charge in [0.15, 0.2) is 0 Å². The van der Waals surface area contributed by atoms with Gasteiger partial charge in [0, 0.05) is 4.92 Å². The quantitative estimate of drug-likeness (QED) is 0.467. The van der Waals surface area contributed by atoms with E-state index >= 15 is 0 Å². The molecule has 0 bridgehead atoms. The summed E-state index contributed by atoms with van der Waals surface area (Å²) in [7, 11) is 3.78. The number of likely N-dealkylation sites (N-methyl/N-ethyl adjacent to an activating group) is 1. The fourth-order valence-corrected chi connectivity index (χ4v) is 2.64. The van der Waals surface area contributed by atoms with E-state index < -0.39 is 6.04 Å². The van der Waals surface area contributed by atoms with E-state index in [-0.39, 0.29) is 16.9 Å². The van der Waals surface area contributed by atoms with Gasteiger partial charge >= 0.3 is 0 Å². The first-order valence-electron chi connectivity index (χ1n) is 6.13. The number of hydrogen-bond donors (Lipinski definition) is 0. The summed E-state index contributed by atoms with van der Waals surface area (Å²) >= 11 is 0. The Bertz CT molecular complexity index is 442. The van der Waals surface area contributed by atoms with Gasteiger partial charge in [-0.1, -0.05) is 42.5 Å². The highest BCUT2D eigenvalue weighted by molar-refractivity contribution is 5.25. The van der Waals surface area contributed by atoms with Gasteiger partial charge in [-0.15, -0.1) is 0 Å². The second kappa shape index (κ2) is 5.31. The third-order valence-electron chi connectivity index (χ3n) is 3.55. The molecule has 1 aliphatic rings. The van der Waals surface area contributed by atoms with E-state index in [0.717, 1.165) is 12.0 Å². The first kappa shape index (κ1) is 12.8. The fourth-order valence-electron chi connectivity index (χ4n) is 2.64. The molecule has 0 unspecified atom stereocenters. The highest BCUT2D eigenvalue weighted by Gasteiger charge is 2.41. The van der Waals surface area contributed by atoms with E-state index in [1.165, 1.54) is 0 Å². The Balaban J connectivity index is 2.35. The van der Waals surface area contributed by atoms with Crippen LogP contribution in [0.4, 0.5) is 0 Å². The second-order valence-electron chi connectivity index (χ2n) is 4.91. The lowest BCUT2D eigenvalue weighted by molar-refractivity contribution is -0.532. The van der Waals surface area contributed by atoms with Crippen molar-refractivity contribution in [3.8, 4) is 0 Å². The number of nitrogens with zero attached hydrogens (tertiary/aromatic N) is 2. The van der Waals surface area contributed by atoms with Crippen molar-refractivity contribution in [2.45, 2.75) is 24.4 Å². The smallest absolute Gasteiger partial charge is 0.238 e. The standard InChI is InChI=1S/C14H18N2O2/c1-15(2)13-10-6-9-12(14(13)16(17)18)11-7-4-3-5-8-11/h3-8,10,12-14H,9H2,1-2H3/t12-,13-,14+/m1/s1. The summed E-state index contributed by atoms with van der Waals surface area (Å²) in [6.07, 6.45) is 4.75. The fraction of sp³-hybridized carbons (Fsp3) is 0.429. The minimum absolute atomic E-state index is 0.0430. The Hall–Kier alpha value is -1.68. The van der Waals surface area contributed by atoms with E-state index in [4.69, 9.17) is 0 Å². The zero-order valence-corrected chi connectivity index (χ0v) is 10.7. The maximum Gasteiger partial charge on any atom is 0.238 e. The normalized spacial score (nSPS) is 27.4. The molecule has 0 radical (unpaired) electrons. The van der Waals surface area contributed by atoms with Crippen molar-refractivity contribution in [1.29, 1.82) is 0 Å². The van der Waals surface area contributed by atoms with E-state index in [9.17, 15) is 10.1 Å². The average molecular weight is 246 g/mol. The lowest BCUT2D eigenvalue weighted by Gasteiger charge is -2.32.